The third kappa shape index (κ3) is 3.00. The van der Waals surface area contributed by atoms with Crippen molar-refractivity contribution in [1.82, 2.24) is 4.90 Å². The third-order valence-electron chi connectivity index (χ3n) is 4.30. The van der Waals surface area contributed by atoms with Gasteiger partial charge < -0.3 is 9.64 Å². The van der Waals surface area contributed by atoms with Gasteiger partial charge in [-0.25, -0.2) is 0 Å². The van der Waals surface area contributed by atoms with Crippen molar-refractivity contribution in [1.29, 1.82) is 0 Å². The summed E-state index contributed by atoms with van der Waals surface area (Å²) in [5, 5.41) is 2.13. The molecule has 0 N–H and O–H groups in total. The molecule has 4 heteroatoms. The van der Waals surface area contributed by atoms with Crippen molar-refractivity contribution in [3.8, 4) is 5.75 Å². The summed E-state index contributed by atoms with van der Waals surface area (Å²) in [6, 6.07) is 10.2. The van der Waals surface area contributed by atoms with Crippen molar-refractivity contribution in [3.05, 3.63) is 51.7 Å². The molecule has 122 valence electrons. The lowest BCUT2D eigenvalue weighted by Gasteiger charge is -2.39. The Balaban J connectivity index is 2.04. The van der Waals surface area contributed by atoms with Gasteiger partial charge in [-0.1, -0.05) is 32.9 Å². The van der Waals surface area contributed by atoms with E-state index in [2.05, 4.69) is 23.6 Å². The Bertz CT molecular complexity index is 697. The molecule has 0 unspecified atom stereocenters. The second-order valence-corrected chi connectivity index (χ2v) is 7.97. The molecule has 1 aromatic carbocycles. The zero-order chi connectivity index (χ0) is 16.6. The number of rotatable bonds is 2. The Morgan fingerprint density at radius 2 is 1.91 bits per heavy atom. The van der Waals surface area contributed by atoms with Gasteiger partial charge in [0, 0.05) is 16.8 Å². The molecule has 3 nitrogen and oxygen atoms in total. The highest BCUT2D eigenvalue weighted by atomic mass is 32.1. The van der Waals surface area contributed by atoms with E-state index in [0.29, 0.717) is 0 Å². The number of amides is 1. The van der Waals surface area contributed by atoms with Gasteiger partial charge in [0.05, 0.1) is 13.2 Å². The van der Waals surface area contributed by atoms with E-state index in [-0.39, 0.29) is 17.4 Å². The molecule has 2 heterocycles. The lowest BCUT2D eigenvalue weighted by Crippen LogP contribution is -2.45. The van der Waals surface area contributed by atoms with Crippen molar-refractivity contribution in [3.63, 3.8) is 0 Å². The van der Waals surface area contributed by atoms with E-state index in [1.54, 1.807) is 18.4 Å². The topological polar surface area (TPSA) is 29.5 Å². The quantitative estimate of drug-likeness (QED) is 0.823. The highest BCUT2D eigenvalue weighted by Crippen LogP contribution is 2.40. The van der Waals surface area contributed by atoms with Crippen molar-refractivity contribution < 1.29 is 9.53 Å². The van der Waals surface area contributed by atoms with Crippen molar-refractivity contribution in [2.45, 2.75) is 33.2 Å². The lowest BCUT2D eigenvalue weighted by molar-refractivity contribution is -0.141. The highest BCUT2D eigenvalue weighted by Gasteiger charge is 2.37. The average Bonchev–Trinajstić information content (AvgIpc) is 3.01. The Morgan fingerprint density at radius 1 is 1.22 bits per heavy atom. The molecule has 1 amide bonds. The number of methoxy groups -OCH3 is 1. The van der Waals surface area contributed by atoms with Gasteiger partial charge in [0.15, 0.2) is 0 Å². The lowest BCUT2D eigenvalue weighted by atomic mass is 9.88. The molecule has 0 saturated heterocycles. The van der Waals surface area contributed by atoms with Crippen LogP contribution in [-0.4, -0.2) is 24.5 Å². The summed E-state index contributed by atoms with van der Waals surface area (Å²) in [4.78, 5) is 16.4. The first kappa shape index (κ1) is 16.1. The number of benzene rings is 1. The molecule has 0 spiro atoms. The molecule has 1 aliphatic rings. The number of fused-ring (bicyclic) bond motifs is 1. The molecular formula is C19H23NO2S. The number of hydrogen-bond acceptors (Lipinski definition) is 3. The molecule has 0 bridgehead atoms. The van der Waals surface area contributed by atoms with Crippen LogP contribution in [0.2, 0.25) is 0 Å². The first-order valence-corrected chi connectivity index (χ1v) is 8.81. The minimum Gasteiger partial charge on any atom is -0.497 e. The average molecular weight is 329 g/mol. The smallest absolute Gasteiger partial charge is 0.228 e. The van der Waals surface area contributed by atoms with E-state index in [1.807, 2.05) is 37.8 Å². The summed E-state index contributed by atoms with van der Waals surface area (Å²) in [6.07, 6.45) is 0.946. The SMILES string of the molecule is COc1ccc([C@@H]2c3ccsc3CCN2C(=O)C(C)(C)C)cc1. The van der Waals surface area contributed by atoms with Crippen LogP contribution in [0.1, 0.15) is 42.8 Å². The molecule has 0 saturated carbocycles. The molecule has 0 radical (unpaired) electrons. The van der Waals surface area contributed by atoms with E-state index < -0.39 is 0 Å². The maximum atomic E-state index is 13.0. The summed E-state index contributed by atoms with van der Waals surface area (Å²) in [7, 11) is 1.67. The molecule has 2 aromatic rings. The predicted molar refractivity (Wildman–Crippen MR) is 94.0 cm³/mol. The number of carbonyl (C=O) groups is 1. The Kier molecular flexibility index (Phi) is 4.19. The van der Waals surface area contributed by atoms with Crippen molar-refractivity contribution >= 4 is 17.2 Å². The van der Waals surface area contributed by atoms with Gasteiger partial charge in [0.25, 0.3) is 0 Å². The van der Waals surface area contributed by atoms with Crippen LogP contribution in [-0.2, 0) is 11.2 Å². The van der Waals surface area contributed by atoms with E-state index >= 15 is 0 Å². The summed E-state index contributed by atoms with van der Waals surface area (Å²) in [5.74, 6) is 1.04. The third-order valence-corrected chi connectivity index (χ3v) is 5.30. The van der Waals surface area contributed by atoms with Crippen LogP contribution >= 0.6 is 11.3 Å². The molecule has 3 rings (SSSR count). The van der Waals surface area contributed by atoms with Gasteiger partial charge in [-0.3, -0.25) is 4.79 Å². The van der Waals surface area contributed by atoms with Gasteiger partial charge >= 0.3 is 0 Å². The second-order valence-electron chi connectivity index (χ2n) is 6.97. The van der Waals surface area contributed by atoms with Gasteiger partial charge in [-0.2, -0.15) is 0 Å². The van der Waals surface area contributed by atoms with Gasteiger partial charge in [0.1, 0.15) is 5.75 Å². The Labute approximate surface area is 141 Å². The molecule has 1 aliphatic heterocycles. The highest BCUT2D eigenvalue weighted by molar-refractivity contribution is 7.10. The van der Waals surface area contributed by atoms with Crippen molar-refractivity contribution in [2.24, 2.45) is 5.41 Å². The van der Waals surface area contributed by atoms with Crippen molar-refractivity contribution in [2.75, 3.05) is 13.7 Å². The summed E-state index contributed by atoms with van der Waals surface area (Å²) < 4.78 is 5.26. The number of hydrogen-bond donors (Lipinski definition) is 0. The maximum absolute atomic E-state index is 13.0. The van der Waals surface area contributed by atoms with E-state index in [9.17, 15) is 4.79 Å². The second kappa shape index (κ2) is 6.00. The van der Waals surface area contributed by atoms with Crippen LogP contribution in [0.4, 0.5) is 0 Å². The van der Waals surface area contributed by atoms with Gasteiger partial charge in [-0.05, 0) is 41.1 Å². The fourth-order valence-corrected chi connectivity index (χ4v) is 4.02. The van der Waals surface area contributed by atoms with Crippen LogP contribution in [0.3, 0.4) is 0 Å². The fourth-order valence-electron chi connectivity index (χ4n) is 3.11. The van der Waals surface area contributed by atoms with E-state index in [4.69, 9.17) is 4.74 Å². The first-order valence-electron chi connectivity index (χ1n) is 7.93. The van der Waals surface area contributed by atoms with Gasteiger partial charge in [-0.15, -0.1) is 11.3 Å². The van der Waals surface area contributed by atoms with Gasteiger partial charge in [0.2, 0.25) is 5.91 Å². The minimum absolute atomic E-state index is 0.00244. The molecule has 23 heavy (non-hydrogen) atoms. The number of thiophene rings is 1. The monoisotopic (exact) mass is 329 g/mol. The first-order chi connectivity index (χ1) is 10.9. The Morgan fingerprint density at radius 3 is 2.52 bits per heavy atom. The fraction of sp³-hybridized carbons (Fsp3) is 0.421. The van der Waals surface area contributed by atoms with E-state index in [1.165, 1.54) is 10.4 Å². The summed E-state index contributed by atoms with van der Waals surface area (Å²) in [6.45, 7) is 6.75. The molecular weight excluding hydrogens is 306 g/mol. The van der Waals surface area contributed by atoms with Crippen LogP contribution < -0.4 is 4.74 Å². The number of ether oxygens (including phenoxy) is 1. The molecule has 0 fully saturated rings. The zero-order valence-electron chi connectivity index (χ0n) is 14.1. The summed E-state index contributed by atoms with van der Waals surface area (Å²) >= 11 is 1.79. The van der Waals surface area contributed by atoms with Crippen LogP contribution in [0, 0.1) is 5.41 Å². The summed E-state index contributed by atoms with van der Waals surface area (Å²) in [5.41, 5.74) is 2.03. The van der Waals surface area contributed by atoms with Crippen LogP contribution in [0.25, 0.3) is 0 Å². The minimum atomic E-state index is -0.377. The zero-order valence-corrected chi connectivity index (χ0v) is 14.9. The Hall–Kier alpha value is -1.81. The normalized spacial score (nSPS) is 17.7. The van der Waals surface area contributed by atoms with Crippen LogP contribution in [0.15, 0.2) is 35.7 Å². The van der Waals surface area contributed by atoms with E-state index in [0.717, 1.165) is 24.3 Å². The number of carbonyl (C=O) groups excluding carboxylic acids is 1. The molecule has 1 aromatic heterocycles. The molecule has 0 aliphatic carbocycles. The predicted octanol–water partition coefficient (Wildman–Crippen LogP) is 4.28. The van der Waals surface area contributed by atoms with Crippen LogP contribution in [0.5, 0.6) is 5.75 Å². The number of nitrogens with zero attached hydrogens (tertiary/aromatic N) is 1. The maximum Gasteiger partial charge on any atom is 0.228 e. The largest absolute Gasteiger partial charge is 0.497 e. The standard InChI is InChI=1S/C19H23NO2S/c1-19(2,3)18(21)20-11-9-16-15(10-12-23-16)17(20)13-5-7-14(22-4)8-6-13/h5-8,10,12,17H,9,11H2,1-4H3/t17-/m1/s1. The molecule has 1 atom stereocenters.